The molecule has 2 N–H and O–H groups in total. The minimum Gasteiger partial charge on any atom is -0.355 e. The number of nitrogens with one attached hydrogen (secondary N) is 2. The summed E-state index contributed by atoms with van der Waals surface area (Å²) in [6.07, 6.45) is 2.11. The Kier molecular flexibility index (Phi) is 5.44. The zero-order valence-electron chi connectivity index (χ0n) is 12.2. The second-order valence-electron chi connectivity index (χ2n) is 5.97. The molecule has 2 rings (SSSR count). The van der Waals surface area contributed by atoms with E-state index in [1.807, 2.05) is 18.2 Å². The molecule has 0 aliphatic heterocycles. The van der Waals surface area contributed by atoms with Gasteiger partial charge in [0.05, 0.1) is 6.54 Å². The van der Waals surface area contributed by atoms with Crippen LogP contribution < -0.4 is 10.6 Å². The van der Waals surface area contributed by atoms with Crippen LogP contribution in [0.4, 0.5) is 0 Å². The van der Waals surface area contributed by atoms with E-state index in [-0.39, 0.29) is 5.91 Å². The van der Waals surface area contributed by atoms with Gasteiger partial charge in [-0.1, -0.05) is 43.6 Å². The third kappa shape index (κ3) is 4.22. The molecule has 1 aliphatic carbocycles. The Hall–Kier alpha value is -1.06. The number of carbonyl (C=O) groups is 1. The topological polar surface area (TPSA) is 41.1 Å². The minimum atomic E-state index is 0.0832. The van der Waals surface area contributed by atoms with Crippen molar-refractivity contribution in [3.8, 4) is 0 Å². The van der Waals surface area contributed by atoms with Gasteiger partial charge < -0.3 is 10.6 Å². The maximum absolute atomic E-state index is 11.6. The fraction of sp³-hybridized carbons (Fsp3) is 0.562. The molecule has 1 amide bonds. The molecule has 1 aliphatic rings. The molecule has 0 saturated heterocycles. The van der Waals surface area contributed by atoms with Crippen LogP contribution in [0.25, 0.3) is 0 Å². The van der Waals surface area contributed by atoms with Gasteiger partial charge in [0.15, 0.2) is 0 Å². The fourth-order valence-corrected chi connectivity index (χ4v) is 2.75. The van der Waals surface area contributed by atoms with Crippen molar-refractivity contribution in [2.24, 2.45) is 5.92 Å². The summed E-state index contributed by atoms with van der Waals surface area (Å²) in [4.78, 5) is 11.6. The van der Waals surface area contributed by atoms with E-state index in [0.717, 1.165) is 24.4 Å². The molecule has 4 heteroatoms. The first-order valence-electron chi connectivity index (χ1n) is 7.30. The molecule has 3 nitrogen and oxygen atoms in total. The van der Waals surface area contributed by atoms with Gasteiger partial charge in [0, 0.05) is 17.6 Å². The molecule has 1 saturated carbocycles. The van der Waals surface area contributed by atoms with Crippen molar-refractivity contribution in [3.05, 3.63) is 34.9 Å². The van der Waals surface area contributed by atoms with Crippen LogP contribution in [0.5, 0.6) is 0 Å². The van der Waals surface area contributed by atoms with Crippen LogP contribution in [0, 0.1) is 5.92 Å². The normalized spacial score (nSPS) is 21.6. The molecular formula is C16H23ClN2O. The van der Waals surface area contributed by atoms with Gasteiger partial charge in [0.2, 0.25) is 5.91 Å². The van der Waals surface area contributed by atoms with Gasteiger partial charge in [0.1, 0.15) is 0 Å². The van der Waals surface area contributed by atoms with Gasteiger partial charge in [-0.15, -0.1) is 0 Å². The van der Waals surface area contributed by atoms with E-state index in [0.29, 0.717) is 24.4 Å². The zero-order valence-corrected chi connectivity index (χ0v) is 12.9. The summed E-state index contributed by atoms with van der Waals surface area (Å²) in [5, 5.41) is 7.07. The minimum absolute atomic E-state index is 0.0832. The Morgan fingerprint density at radius 3 is 2.70 bits per heavy atom. The second kappa shape index (κ2) is 7.09. The Morgan fingerprint density at radius 2 is 2.05 bits per heavy atom. The summed E-state index contributed by atoms with van der Waals surface area (Å²) in [6.45, 7) is 5.34. The first-order valence-corrected chi connectivity index (χ1v) is 7.68. The van der Waals surface area contributed by atoms with Crippen molar-refractivity contribution in [2.75, 3.05) is 13.1 Å². The first-order chi connectivity index (χ1) is 9.56. The molecular weight excluding hydrogens is 272 g/mol. The van der Waals surface area contributed by atoms with Crippen LogP contribution in [0.2, 0.25) is 5.02 Å². The van der Waals surface area contributed by atoms with E-state index >= 15 is 0 Å². The molecule has 1 aromatic rings. The van der Waals surface area contributed by atoms with Crippen LogP contribution in [-0.4, -0.2) is 25.0 Å². The highest BCUT2D eigenvalue weighted by Crippen LogP contribution is 2.39. The molecule has 0 radical (unpaired) electrons. The molecule has 0 atom stereocenters. The monoisotopic (exact) mass is 294 g/mol. The average molecular weight is 295 g/mol. The largest absolute Gasteiger partial charge is 0.355 e. The Bertz CT molecular complexity index is 456. The quantitative estimate of drug-likeness (QED) is 0.847. The lowest BCUT2D eigenvalue weighted by Gasteiger charge is -2.36. The van der Waals surface area contributed by atoms with Crippen LogP contribution in [-0.2, 0) is 4.79 Å². The van der Waals surface area contributed by atoms with E-state index in [9.17, 15) is 4.79 Å². The van der Waals surface area contributed by atoms with Crippen molar-refractivity contribution in [1.82, 2.24) is 10.6 Å². The van der Waals surface area contributed by atoms with E-state index in [4.69, 9.17) is 11.6 Å². The van der Waals surface area contributed by atoms with Gasteiger partial charge in [-0.2, -0.15) is 0 Å². The van der Waals surface area contributed by atoms with Gasteiger partial charge in [-0.25, -0.2) is 0 Å². The average Bonchev–Trinajstić information content (AvgIpc) is 2.36. The summed E-state index contributed by atoms with van der Waals surface area (Å²) < 4.78 is 0. The van der Waals surface area contributed by atoms with Crippen LogP contribution in [0.3, 0.4) is 0 Å². The third-order valence-corrected chi connectivity index (χ3v) is 4.09. The molecule has 0 bridgehead atoms. The highest BCUT2D eigenvalue weighted by molar-refractivity contribution is 6.31. The summed E-state index contributed by atoms with van der Waals surface area (Å²) in [5.74, 6) is 1.10. The smallest absolute Gasteiger partial charge is 0.233 e. The highest BCUT2D eigenvalue weighted by atomic mass is 35.5. The molecule has 20 heavy (non-hydrogen) atoms. The predicted octanol–water partition coefficient (Wildman–Crippen LogP) is 2.95. The van der Waals surface area contributed by atoms with Crippen molar-refractivity contribution in [1.29, 1.82) is 0 Å². The molecule has 1 fully saturated rings. The maximum atomic E-state index is 11.6. The lowest BCUT2D eigenvalue weighted by molar-refractivity contribution is -0.120. The number of hydrogen-bond acceptors (Lipinski definition) is 2. The highest BCUT2D eigenvalue weighted by Gasteiger charge is 2.31. The fourth-order valence-electron chi connectivity index (χ4n) is 2.46. The lowest BCUT2D eigenvalue weighted by atomic mass is 9.76. The van der Waals surface area contributed by atoms with E-state index in [1.54, 1.807) is 0 Å². The molecule has 110 valence electrons. The van der Waals surface area contributed by atoms with Crippen LogP contribution in [0.1, 0.15) is 38.2 Å². The molecule has 0 unspecified atom stereocenters. The Morgan fingerprint density at radius 1 is 1.35 bits per heavy atom. The number of benzene rings is 1. The van der Waals surface area contributed by atoms with Gasteiger partial charge in [0.25, 0.3) is 0 Å². The molecule has 0 heterocycles. The van der Waals surface area contributed by atoms with Gasteiger partial charge in [-0.3, -0.25) is 4.79 Å². The lowest BCUT2D eigenvalue weighted by Crippen LogP contribution is -2.45. The molecule has 0 aromatic heterocycles. The van der Waals surface area contributed by atoms with E-state index in [2.05, 4.69) is 30.5 Å². The number of rotatable bonds is 6. The molecule has 0 spiro atoms. The number of hydrogen-bond donors (Lipinski definition) is 2. The maximum Gasteiger partial charge on any atom is 0.233 e. The van der Waals surface area contributed by atoms with Gasteiger partial charge >= 0.3 is 0 Å². The van der Waals surface area contributed by atoms with Gasteiger partial charge in [-0.05, 0) is 36.3 Å². The van der Waals surface area contributed by atoms with Crippen LogP contribution >= 0.6 is 11.6 Å². The van der Waals surface area contributed by atoms with E-state index < -0.39 is 0 Å². The first kappa shape index (κ1) is 15.3. The van der Waals surface area contributed by atoms with Crippen molar-refractivity contribution in [3.63, 3.8) is 0 Å². The predicted molar refractivity (Wildman–Crippen MR) is 83.1 cm³/mol. The van der Waals surface area contributed by atoms with E-state index in [1.165, 1.54) is 5.56 Å². The number of carbonyl (C=O) groups excluding carboxylic acids is 1. The Balaban J connectivity index is 1.67. The summed E-state index contributed by atoms with van der Waals surface area (Å²) in [7, 11) is 0. The Labute approximate surface area is 126 Å². The van der Waals surface area contributed by atoms with Crippen molar-refractivity contribution in [2.45, 2.75) is 38.6 Å². The van der Waals surface area contributed by atoms with Crippen molar-refractivity contribution < 1.29 is 4.79 Å². The van der Waals surface area contributed by atoms with Crippen LogP contribution in [0.15, 0.2) is 24.3 Å². The van der Waals surface area contributed by atoms with Crippen molar-refractivity contribution >= 4 is 17.5 Å². The standard InChI is InChI=1S/C16H23ClN2O/c1-11(2)9-19-16(20)10-18-13-7-12(8-13)14-5-3-4-6-15(14)17/h3-6,11-13,18H,7-10H2,1-2H3,(H,19,20). The SMILES string of the molecule is CC(C)CNC(=O)CNC1CC(c2ccccc2Cl)C1. The third-order valence-electron chi connectivity index (χ3n) is 3.74. The number of amides is 1. The summed E-state index contributed by atoms with van der Waals surface area (Å²) in [6, 6.07) is 8.46. The second-order valence-corrected chi connectivity index (χ2v) is 6.37. The number of halogens is 1. The summed E-state index contributed by atoms with van der Waals surface area (Å²) in [5.41, 5.74) is 1.23. The summed E-state index contributed by atoms with van der Waals surface area (Å²) >= 11 is 6.19. The zero-order chi connectivity index (χ0) is 14.5. The molecule has 1 aromatic carbocycles.